The predicted molar refractivity (Wildman–Crippen MR) is 121 cm³/mol. The third-order valence-corrected chi connectivity index (χ3v) is 5.91. The lowest BCUT2D eigenvalue weighted by molar-refractivity contribution is 0.0399. The van der Waals surface area contributed by atoms with E-state index >= 15 is 0 Å². The normalized spacial score (nSPS) is 19.0. The van der Waals surface area contributed by atoms with Gasteiger partial charge in [-0.3, -0.25) is 4.79 Å². The highest BCUT2D eigenvalue weighted by atomic mass is 16.5. The number of para-hydroxylation sites is 1. The first-order valence-corrected chi connectivity index (χ1v) is 10.5. The Bertz CT molecular complexity index is 1030. The first-order valence-electron chi connectivity index (χ1n) is 10.5. The van der Waals surface area contributed by atoms with Crippen LogP contribution in [0, 0.1) is 0 Å². The van der Waals surface area contributed by atoms with Crippen molar-refractivity contribution in [2.45, 2.75) is 45.5 Å². The lowest BCUT2D eigenvalue weighted by Crippen LogP contribution is -2.58. The number of nitrogens with one attached hydrogen (secondary N) is 1. The van der Waals surface area contributed by atoms with Gasteiger partial charge in [-0.2, -0.15) is 0 Å². The number of amides is 1. The summed E-state index contributed by atoms with van der Waals surface area (Å²) in [7, 11) is 0. The van der Waals surface area contributed by atoms with Crippen molar-refractivity contribution in [3.8, 4) is 5.75 Å². The first-order chi connectivity index (χ1) is 14.5. The van der Waals surface area contributed by atoms with Gasteiger partial charge >= 0.3 is 0 Å². The highest BCUT2D eigenvalue weighted by molar-refractivity contribution is 6.02. The van der Waals surface area contributed by atoms with E-state index in [1.165, 1.54) is 0 Å². The molecule has 0 aliphatic carbocycles. The molecular formula is C26H28N2O2. The van der Waals surface area contributed by atoms with Crippen molar-refractivity contribution < 1.29 is 9.53 Å². The Morgan fingerprint density at radius 2 is 1.73 bits per heavy atom. The Morgan fingerprint density at radius 1 is 1.00 bits per heavy atom. The summed E-state index contributed by atoms with van der Waals surface area (Å²) in [6.45, 7) is 6.79. The molecule has 0 spiro atoms. The van der Waals surface area contributed by atoms with Crippen LogP contribution in [-0.2, 0) is 12.3 Å². The fourth-order valence-corrected chi connectivity index (χ4v) is 4.10. The van der Waals surface area contributed by atoms with Crippen LogP contribution in [0.5, 0.6) is 5.75 Å². The molecule has 0 saturated heterocycles. The zero-order chi connectivity index (χ0) is 21.1. The van der Waals surface area contributed by atoms with Crippen LogP contribution in [-0.4, -0.2) is 16.8 Å². The van der Waals surface area contributed by atoms with Crippen LogP contribution >= 0.6 is 0 Å². The van der Waals surface area contributed by atoms with Gasteiger partial charge in [-0.05, 0) is 50.1 Å². The molecule has 3 aromatic carbocycles. The van der Waals surface area contributed by atoms with Crippen LogP contribution in [0.25, 0.3) is 0 Å². The Balaban J connectivity index is 1.69. The summed E-state index contributed by atoms with van der Waals surface area (Å²) < 4.78 is 6.06. The molecule has 1 aliphatic rings. The number of carbonyl (C=O) groups excluding carboxylic acids is 1. The van der Waals surface area contributed by atoms with Crippen LogP contribution in [0.3, 0.4) is 0 Å². The van der Waals surface area contributed by atoms with E-state index in [1.807, 2.05) is 77.7 Å². The molecule has 30 heavy (non-hydrogen) atoms. The zero-order valence-corrected chi connectivity index (χ0v) is 17.8. The third kappa shape index (κ3) is 3.65. The molecular weight excluding hydrogens is 372 g/mol. The van der Waals surface area contributed by atoms with Crippen LogP contribution < -0.4 is 10.1 Å². The number of hydrogen-bond acceptors (Lipinski definition) is 3. The van der Waals surface area contributed by atoms with Crippen molar-refractivity contribution in [2.24, 2.45) is 0 Å². The number of anilines is 1. The Morgan fingerprint density at radius 3 is 2.50 bits per heavy atom. The molecule has 0 radical (unpaired) electrons. The summed E-state index contributed by atoms with van der Waals surface area (Å²) >= 11 is 0. The molecule has 1 heterocycles. The van der Waals surface area contributed by atoms with E-state index < -0.39 is 5.66 Å². The quantitative estimate of drug-likeness (QED) is 0.568. The van der Waals surface area contributed by atoms with Crippen LogP contribution in [0.2, 0.25) is 0 Å². The van der Waals surface area contributed by atoms with Gasteiger partial charge in [0.05, 0.1) is 5.56 Å². The van der Waals surface area contributed by atoms with Crippen LogP contribution in [0.15, 0.2) is 78.9 Å². The molecule has 154 valence electrons. The summed E-state index contributed by atoms with van der Waals surface area (Å²) in [5.41, 5.74) is 3.02. The fraction of sp³-hybridized carbons (Fsp3) is 0.269. The molecule has 4 nitrogen and oxygen atoms in total. The van der Waals surface area contributed by atoms with E-state index in [9.17, 15) is 4.79 Å². The Hall–Kier alpha value is -3.27. The molecule has 0 saturated carbocycles. The maximum Gasteiger partial charge on any atom is 0.258 e. The van der Waals surface area contributed by atoms with Gasteiger partial charge in [-0.1, -0.05) is 61.5 Å². The van der Waals surface area contributed by atoms with E-state index in [2.05, 4.69) is 32.2 Å². The maximum absolute atomic E-state index is 13.5. The lowest BCUT2D eigenvalue weighted by atomic mass is 9.91. The number of nitrogens with zero attached hydrogens (tertiary/aromatic N) is 1. The van der Waals surface area contributed by atoms with Crippen molar-refractivity contribution in [2.75, 3.05) is 5.32 Å². The second-order valence-corrected chi connectivity index (χ2v) is 7.98. The first kappa shape index (κ1) is 20.0. The zero-order valence-electron chi connectivity index (χ0n) is 17.8. The number of rotatable bonds is 6. The average Bonchev–Trinajstić information content (AvgIpc) is 2.78. The highest BCUT2D eigenvalue weighted by Gasteiger charge is 2.44. The predicted octanol–water partition coefficient (Wildman–Crippen LogP) is 5.80. The molecule has 2 atom stereocenters. The van der Waals surface area contributed by atoms with Crippen molar-refractivity contribution in [3.63, 3.8) is 0 Å². The summed E-state index contributed by atoms with van der Waals surface area (Å²) in [6.07, 6.45) is 0.870. The molecule has 0 fully saturated rings. The number of hydrogen-bond donors (Lipinski definition) is 1. The molecule has 1 amide bonds. The van der Waals surface area contributed by atoms with E-state index in [0.717, 1.165) is 29.0 Å². The van der Waals surface area contributed by atoms with Crippen molar-refractivity contribution in [1.82, 2.24) is 4.90 Å². The Labute approximate surface area is 178 Å². The number of ether oxygens (including phenoxy) is 1. The lowest BCUT2D eigenvalue weighted by Gasteiger charge is -2.49. The van der Waals surface area contributed by atoms with E-state index in [0.29, 0.717) is 12.2 Å². The summed E-state index contributed by atoms with van der Waals surface area (Å²) in [5.74, 6) is 0.839. The smallest absolute Gasteiger partial charge is 0.258 e. The fourth-order valence-electron chi connectivity index (χ4n) is 4.10. The van der Waals surface area contributed by atoms with Crippen molar-refractivity contribution in [1.29, 1.82) is 0 Å². The largest absolute Gasteiger partial charge is 0.489 e. The number of fused-ring (bicyclic) bond motifs is 1. The molecule has 4 heteroatoms. The minimum absolute atomic E-state index is 0.0526. The van der Waals surface area contributed by atoms with Gasteiger partial charge in [0.15, 0.2) is 0 Å². The van der Waals surface area contributed by atoms with Crippen LogP contribution in [0.4, 0.5) is 5.69 Å². The van der Waals surface area contributed by atoms with Crippen molar-refractivity contribution in [3.05, 3.63) is 95.6 Å². The summed E-state index contributed by atoms with van der Waals surface area (Å²) in [4.78, 5) is 15.4. The molecule has 4 rings (SSSR count). The summed E-state index contributed by atoms with van der Waals surface area (Å²) in [6, 6.07) is 26.0. The Kier molecular flexibility index (Phi) is 5.49. The second-order valence-electron chi connectivity index (χ2n) is 7.98. The maximum atomic E-state index is 13.5. The summed E-state index contributed by atoms with van der Waals surface area (Å²) in [5, 5.41) is 3.64. The molecule has 1 N–H and O–H groups in total. The van der Waals surface area contributed by atoms with E-state index in [1.54, 1.807) is 0 Å². The molecule has 0 bridgehead atoms. The molecule has 2 unspecified atom stereocenters. The highest BCUT2D eigenvalue weighted by Crippen LogP contribution is 2.40. The van der Waals surface area contributed by atoms with Gasteiger partial charge in [0.2, 0.25) is 0 Å². The number of benzene rings is 3. The second kappa shape index (κ2) is 8.23. The van der Waals surface area contributed by atoms with Gasteiger partial charge in [-0.15, -0.1) is 0 Å². The van der Waals surface area contributed by atoms with E-state index in [4.69, 9.17) is 4.74 Å². The SMILES string of the molecule is CCC(C)N1C(=O)c2ccccc2NC1(C)c1cccc(OCc2ccccc2)c1. The average molecular weight is 401 g/mol. The number of carbonyl (C=O) groups is 1. The van der Waals surface area contributed by atoms with Crippen molar-refractivity contribution >= 4 is 11.6 Å². The minimum Gasteiger partial charge on any atom is -0.489 e. The van der Waals surface area contributed by atoms with Gasteiger partial charge in [0.25, 0.3) is 5.91 Å². The molecule has 3 aromatic rings. The minimum atomic E-state index is -0.674. The van der Waals surface area contributed by atoms with Gasteiger partial charge in [0.1, 0.15) is 18.0 Å². The third-order valence-electron chi connectivity index (χ3n) is 5.91. The van der Waals surface area contributed by atoms with Gasteiger partial charge in [0, 0.05) is 17.3 Å². The molecule has 1 aliphatic heterocycles. The van der Waals surface area contributed by atoms with Crippen LogP contribution in [0.1, 0.15) is 48.7 Å². The monoisotopic (exact) mass is 400 g/mol. The standard InChI is InChI=1S/C26H28N2O2/c1-4-19(2)28-25(29)23-15-8-9-16-24(23)27-26(28,3)21-13-10-14-22(17-21)30-18-20-11-6-5-7-12-20/h5-17,19,27H,4,18H2,1-3H3. The van der Waals surface area contributed by atoms with Gasteiger partial charge < -0.3 is 15.0 Å². The molecule has 0 aromatic heterocycles. The van der Waals surface area contributed by atoms with Gasteiger partial charge in [-0.25, -0.2) is 0 Å². The topological polar surface area (TPSA) is 41.6 Å². The van der Waals surface area contributed by atoms with E-state index in [-0.39, 0.29) is 11.9 Å².